The molecule has 0 aliphatic heterocycles. The van der Waals surface area contributed by atoms with Crippen molar-refractivity contribution in [3.8, 4) is 5.75 Å². The summed E-state index contributed by atoms with van der Waals surface area (Å²) in [4.78, 5) is 51.1. The van der Waals surface area contributed by atoms with Gasteiger partial charge in [0.15, 0.2) is 15.6 Å². The SMILES string of the molecule is CCCCOc1c(N[C@@H](CC(C)C)C(=O)NN(Cc2ccccc2)C(=O)/C=C/S(=O)(=O)c2ccccc2)c(=O)c1=O. The van der Waals surface area contributed by atoms with Crippen LogP contribution in [-0.2, 0) is 26.0 Å². The third-order valence-electron chi connectivity index (χ3n) is 6.11. The minimum Gasteiger partial charge on any atom is -0.487 e. The number of ether oxygens (including phenoxy) is 1. The highest BCUT2D eigenvalue weighted by atomic mass is 32.2. The largest absolute Gasteiger partial charge is 0.487 e. The first kappa shape index (κ1) is 31.3. The molecule has 3 rings (SSSR count). The van der Waals surface area contributed by atoms with Gasteiger partial charge >= 0.3 is 0 Å². The van der Waals surface area contributed by atoms with Crippen molar-refractivity contribution >= 4 is 27.3 Å². The Hall–Kier alpha value is -4.25. The Morgan fingerprint density at radius 3 is 2.22 bits per heavy atom. The number of nitrogens with zero attached hydrogens (tertiary/aromatic N) is 1. The summed E-state index contributed by atoms with van der Waals surface area (Å²) in [7, 11) is -3.90. The molecule has 0 unspecified atom stereocenters. The van der Waals surface area contributed by atoms with E-state index in [9.17, 15) is 27.6 Å². The van der Waals surface area contributed by atoms with Crippen LogP contribution in [0.15, 0.2) is 86.6 Å². The summed E-state index contributed by atoms with van der Waals surface area (Å²) < 4.78 is 30.8. The zero-order valence-corrected chi connectivity index (χ0v) is 24.1. The second-order valence-electron chi connectivity index (χ2n) is 9.94. The molecule has 2 N–H and O–H groups in total. The first-order chi connectivity index (χ1) is 19.5. The number of amides is 2. The van der Waals surface area contributed by atoms with Gasteiger partial charge in [-0.3, -0.25) is 24.6 Å². The molecule has 1 atom stereocenters. The van der Waals surface area contributed by atoms with Gasteiger partial charge in [-0.25, -0.2) is 13.4 Å². The Balaban J connectivity index is 1.84. The fourth-order valence-corrected chi connectivity index (χ4v) is 4.90. The van der Waals surface area contributed by atoms with E-state index in [1.807, 2.05) is 20.8 Å². The Kier molecular flexibility index (Phi) is 11.0. The molecular weight excluding hydrogens is 546 g/mol. The van der Waals surface area contributed by atoms with Crippen molar-refractivity contribution in [2.45, 2.75) is 57.5 Å². The molecule has 0 aliphatic carbocycles. The lowest BCUT2D eigenvalue weighted by Gasteiger charge is -2.27. The zero-order valence-electron chi connectivity index (χ0n) is 23.3. The quantitative estimate of drug-likeness (QED) is 0.128. The average Bonchev–Trinajstić information content (AvgIpc) is 2.96. The third kappa shape index (κ3) is 8.62. The zero-order chi connectivity index (χ0) is 30.0. The molecule has 41 heavy (non-hydrogen) atoms. The van der Waals surface area contributed by atoms with Crippen molar-refractivity contribution < 1.29 is 22.7 Å². The number of sulfone groups is 1. The number of carbonyl (C=O) groups is 2. The molecule has 0 saturated heterocycles. The van der Waals surface area contributed by atoms with Crippen LogP contribution in [0, 0.1) is 5.92 Å². The number of hydrogen-bond donors (Lipinski definition) is 2. The summed E-state index contributed by atoms with van der Waals surface area (Å²) in [5.74, 6) is -1.52. The number of anilines is 1. The van der Waals surface area contributed by atoms with E-state index in [2.05, 4.69) is 10.7 Å². The maximum absolute atomic E-state index is 13.5. The van der Waals surface area contributed by atoms with Crippen molar-refractivity contribution in [1.82, 2.24) is 10.4 Å². The summed E-state index contributed by atoms with van der Waals surface area (Å²) in [6.45, 7) is 5.93. The van der Waals surface area contributed by atoms with Gasteiger partial charge in [0.25, 0.3) is 22.7 Å². The molecular formula is C30H35N3O7S. The van der Waals surface area contributed by atoms with Gasteiger partial charge in [0.05, 0.1) is 18.0 Å². The first-order valence-corrected chi connectivity index (χ1v) is 14.9. The minimum atomic E-state index is -3.90. The van der Waals surface area contributed by atoms with Gasteiger partial charge in [0.2, 0.25) is 0 Å². The number of hydrogen-bond acceptors (Lipinski definition) is 8. The predicted molar refractivity (Wildman–Crippen MR) is 157 cm³/mol. The van der Waals surface area contributed by atoms with Gasteiger partial charge in [-0.05, 0) is 36.5 Å². The lowest BCUT2D eigenvalue weighted by molar-refractivity contribution is -0.139. The third-order valence-corrected chi connectivity index (χ3v) is 7.53. The van der Waals surface area contributed by atoms with Crippen LogP contribution in [0.25, 0.3) is 0 Å². The van der Waals surface area contributed by atoms with Crippen molar-refractivity contribution in [3.05, 3.63) is 98.2 Å². The molecule has 11 heteroatoms. The summed E-state index contributed by atoms with van der Waals surface area (Å²) in [5, 5.41) is 4.65. The Morgan fingerprint density at radius 2 is 1.61 bits per heavy atom. The molecule has 0 radical (unpaired) electrons. The molecule has 218 valence electrons. The van der Waals surface area contributed by atoms with Crippen LogP contribution in [0.2, 0.25) is 0 Å². The molecule has 3 aromatic carbocycles. The summed E-state index contributed by atoms with van der Waals surface area (Å²) >= 11 is 0. The monoisotopic (exact) mass is 581 g/mol. The molecule has 0 spiro atoms. The molecule has 0 bridgehead atoms. The summed E-state index contributed by atoms with van der Waals surface area (Å²) in [5.41, 5.74) is 1.66. The van der Waals surface area contributed by atoms with Gasteiger partial charge in [-0.15, -0.1) is 0 Å². The number of carbonyl (C=O) groups excluding carboxylic acids is 2. The smallest absolute Gasteiger partial charge is 0.272 e. The lowest BCUT2D eigenvalue weighted by Crippen LogP contribution is -2.52. The number of nitrogens with one attached hydrogen (secondary N) is 2. The molecule has 10 nitrogen and oxygen atoms in total. The maximum Gasteiger partial charge on any atom is 0.272 e. The number of unbranched alkanes of at least 4 members (excludes halogenated alkanes) is 1. The van der Waals surface area contributed by atoms with E-state index in [4.69, 9.17) is 4.74 Å². The standard InChI is InChI=1S/C30H35N3O7S/c1-4-5-17-40-29-26(27(35)28(29)36)31-24(19-21(2)3)30(37)32-33(20-22-12-8-6-9-13-22)25(34)16-18-41(38,39)23-14-10-7-11-15-23/h6-16,18,21,24,31H,4-5,17,19-20H2,1-3H3,(H,32,37)/b18-16+/t24-/m0/s1. The van der Waals surface area contributed by atoms with E-state index in [1.54, 1.807) is 48.5 Å². The van der Waals surface area contributed by atoms with E-state index in [1.165, 1.54) is 12.1 Å². The van der Waals surface area contributed by atoms with Crippen LogP contribution in [-0.4, -0.2) is 37.9 Å². The fourth-order valence-electron chi connectivity index (χ4n) is 3.91. The Bertz CT molecular complexity index is 1530. The molecule has 0 heterocycles. The second-order valence-corrected chi connectivity index (χ2v) is 11.8. The van der Waals surface area contributed by atoms with Crippen molar-refractivity contribution in [3.63, 3.8) is 0 Å². The van der Waals surface area contributed by atoms with Gasteiger partial charge in [-0.1, -0.05) is 75.7 Å². The van der Waals surface area contributed by atoms with Crippen molar-refractivity contribution in [2.75, 3.05) is 11.9 Å². The van der Waals surface area contributed by atoms with Gasteiger partial charge in [-0.2, -0.15) is 0 Å². The van der Waals surface area contributed by atoms with E-state index >= 15 is 0 Å². The van der Waals surface area contributed by atoms with Crippen molar-refractivity contribution in [2.24, 2.45) is 5.92 Å². The van der Waals surface area contributed by atoms with Gasteiger partial charge in [0, 0.05) is 11.5 Å². The Morgan fingerprint density at radius 1 is 0.976 bits per heavy atom. The van der Waals surface area contributed by atoms with E-state index < -0.39 is 38.6 Å². The average molecular weight is 582 g/mol. The van der Waals surface area contributed by atoms with Crippen LogP contribution in [0.1, 0.15) is 45.6 Å². The lowest BCUT2D eigenvalue weighted by atomic mass is 10.0. The number of benzene rings is 2. The Labute approximate surface area is 239 Å². The second kappa shape index (κ2) is 14.4. The minimum absolute atomic E-state index is 0.00313. The normalized spacial score (nSPS) is 12.4. The predicted octanol–water partition coefficient (Wildman–Crippen LogP) is 3.34. The molecule has 2 amide bonds. The highest BCUT2D eigenvalue weighted by Gasteiger charge is 2.30. The van der Waals surface area contributed by atoms with Crippen LogP contribution in [0.3, 0.4) is 0 Å². The van der Waals surface area contributed by atoms with Crippen LogP contribution in [0.5, 0.6) is 5.75 Å². The van der Waals surface area contributed by atoms with Crippen LogP contribution in [0.4, 0.5) is 5.69 Å². The highest BCUT2D eigenvalue weighted by molar-refractivity contribution is 7.94. The van der Waals surface area contributed by atoms with Gasteiger partial charge in [0.1, 0.15) is 11.7 Å². The molecule has 3 aromatic rings. The summed E-state index contributed by atoms with van der Waals surface area (Å²) in [6, 6.07) is 15.5. The van der Waals surface area contributed by atoms with E-state index in [-0.39, 0.29) is 41.8 Å². The maximum atomic E-state index is 13.5. The fraction of sp³-hybridized carbons (Fsp3) is 0.333. The van der Waals surface area contributed by atoms with E-state index in [0.717, 1.165) is 22.9 Å². The molecule has 0 aromatic heterocycles. The number of hydrazine groups is 1. The molecule has 0 fully saturated rings. The summed E-state index contributed by atoms with van der Waals surface area (Å²) in [6.07, 6.45) is 2.68. The molecule has 0 aliphatic rings. The van der Waals surface area contributed by atoms with Crippen molar-refractivity contribution in [1.29, 1.82) is 0 Å². The topological polar surface area (TPSA) is 139 Å². The van der Waals surface area contributed by atoms with Crippen LogP contribution < -0.4 is 26.3 Å². The highest BCUT2D eigenvalue weighted by Crippen LogP contribution is 2.21. The molecule has 0 saturated carbocycles. The van der Waals surface area contributed by atoms with Gasteiger partial charge < -0.3 is 10.1 Å². The van der Waals surface area contributed by atoms with Crippen LogP contribution >= 0.6 is 0 Å². The number of rotatable bonds is 14. The first-order valence-electron chi connectivity index (χ1n) is 13.4. The van der Waals surface area contributed by atoms with E-state index in [0.29, 0.717) is 12.0 Å².